The molecule has 0 atom stereocenters. The molecule has 0 amide bonds. The second-order valence-corrected chi connectivity index (χ2v) is 10.1. The van der Waals surface area contributed by atoms with E-state index >= 15 is 0 Å². The molecule has 0 saturated carbocycles. The van der Waals surface area contributed by atoms with Crippen molar-refractivity contribution >= 4 is 23.3 Å². The number of pyridine rings is 1. The molecule has 4 rings (SSSR count). The van der Waals surface area contributed by atoms with Crippen LogP contribution in [0, 0.1) is 0 Å². The summed E-state index contributed by atoms with van der Waals surface area (Å²) in [4.78, 5) is 7.64. The number of nitrogens with two attached hydrogens (primary N) is 1. The molecule has 0 radical (unpaired) electrons. The highest BCUT2D eigenvalue weighted by Gasteiger charge is 2.32. The minimum absolute atomic E-state index is 0.142. The lowest BCUT2D eigenvalue weighted by Crippen LogP contribution is -2.43. The average molecular weight is 517 g/mol. The number of alkyl halides is 3. The summed E-state index contributed by atoms with van der Waals surface area (Å²) in [5, 5.41) is 6.65. The summed E-state index contributed by atoms with van der Waals surface area (Å²) >= 11 is 1.66. The standard InChI is InChI=1S/C26H31F3N6S/c1-18(30)13-22(26(27,28)29)7-8-34-9-11-35(12-10-34)36-24-5-3-23(4-6-24)33-19(2)20-14-21-15-31-17-25(21)32-16-20/h3-7,13-14,16,31,33H,2,8-12,15,17,30H2,1H3/b18-13-,22-7+. The topological polar surface area (TPSA) is 69.5 Å². The van der Waals surface area contributed by atoms with E-state index in [9.17, 15) is 13.2 Å². The Morgan fingerprint density at radius 3 is 2.58 bits per heavy atom. The number of benzene rings is 1. The van der Waals surface area contributed by atoms with Gasteiger partial charge in [0.1, 0.15) is 0 Å². The Hall–Kier alpha value is -2.79. The van der Waals surface area contributed by atoms with Crippen LogP contribution in [0.3, 0.4) is 0 Å². The van der Waals surface area contributed by atoms with E-state index in [-0.39, 0.29) is 12.2 Å². The fourth-order valence-corrected chi connectivity index (χ4v) is 4.96. The number of rotatable bonds is 8. The van der Waals surface area contributed by atoms with Crippen LogP contribution in [0.2, 0.25) is 0 Å². The summed E-state index contributed by atoms with van der Waals surface area (Å²) in [6.07, 6.45) is -0.351. The highest BCUT2D eigenvalue weighted by Crippen LogP contribution is 2.29. The van der Waals surface area contributed by atoms with Gasteiger partial charge >= 0.3 is 6.18 Å². The van der Waals surface area contributed by atoms with E-state index in [2.05, 4.69) is 44.7 Å². The van der Waals surface area contributed by atoms with Crippen LogP contribution in [0.5, 0.6) is 0 Å². The number of hydrogen-bond donors (Lipinski definition) is 3. The van der Waals surface area contributed by atoms with Crippen molar-refractivity contribution in [1.29, 1.82) is 0 Å². The lowest BCUT2D eigenvalue weighted by molar-refractivity contribution is -0.0886. The first-order valence-electron chi connectivity index (χ1n) is 11.8. The maximum atomic E-state index is 13.2. The molecule has 1 aromatic carbocycles. The van der Waals surface area contributed by atoms with Crippen LogP contribution in [-0.2, 0) is 13.1 Å². The molecule has 36 heavy (non-hydrogen) atoms. The minimum Gasteiger partial charge on any atom is -0.402 e. The van der Waals surface area contributed by atoms with Crippen molar-refractivity contribution in [3.63, 3.8) is 0 Å². The van der Waals surface area contributed by atoms with Crippen molar-refractivity contribution in [2.24, 2.45) is 5.73 Å². The molecule has 0 aliphatic carbocycles. The number of nitrogens with one attached hydrogen (secondary N) is 2. The molecular weight excluding hydrogens is 485 g/mol. The van der Waals surface area contributed by atoms with Gasteiger partial charge < -0.3 is 16.4 Å². The summed E-state index contributed by atoms with van der Waals surface area (Å²) in [6, 6.07) is 10.3. The van der Waals surface area contributed by atoms with Gasteiger partial charge in [0, 0.05) is 79.6 Å². The zero-order chi connectivity index (χ0) is 25.7. The maximum Gasteiger partial charge on any atom is 0.416 e. The number of fused-ring (bicyclic) bond motifs is 1. The molecule has 2 aromatic rings. The van der Waals surface area contributed by atoms with Gasteiger partial charge in [-0.15, -0.1) is 0 Å². The highest BCUT2D eigenvalue weighted by atomic mass is 32.2. The van der Waals surface area contributed by atoms with E-state index in [4.69, 9.17) is 5.73 Å². The summed E-state index contributed by atoms with van der Waals surface area (Å²) in [6.45, 7) is 10.4. The van der Waals surface area contributed by atoms with E-state index in [1.54, 1.807) is 11.9 Å². The van der Waals surface area contributed by atoms with Crippen LogP contribution in [0.25, 0.3) is 5.70 Å². The molecule has 192 valence electrons. The molecular formula is C26H31F3N6S. The predicted molar refractivity (Wildman–Crippen MR) is 140 cm³/mol. The molecule has 1 saturated heterocycles. The molecule has 3 heterocycles. The van der Waals surface area contributed by atoms with Gasteiger partial charge in [-0.25, -0.2) is 4.31 Å². The van der Waals surface area contributed by atoms with Crippen molar-refractivity contribution in [2.45, 2.75) is 31.1 Å². The fourth-order valence-electron chi connectivity index (χ4n) is 4.06. The number of hydrogen-bond acceptors (Lipinski definition) is 7. The van der Waals surface area contributed by atoms with Crippen LogP contribution in [0.1, 0.15) is 23.7 Å². The zero-order valence-corrected chi connectivity index (χ0v) is 21.1. The van der Waals surface area contributed by atoms with E-state index in [1.807, 2.05) is 23.2 Å². The van der Waals surface area contributed by atoms with E-state index in [1.165, 1.54) is 18.6 Å². The average Bonchev–Trinajstić information content (AvgIpc) is 3.31. The SMILES string of the molecule is C=C(Nc1ccc(SN2CCN(C/C=C(\C=C(\C)N)C(F)(F)F)CC2)cc1)c1cnc2c(c1)CNC2. The monoisotopic (exact) mass is 516 g/mol. The molecule has 4 N–H and O–H groups in total. The molecule has 0 unspecified atom stereocenters. The lowest BCUT2D eigenvalue weighted by atomic mass is 10.1. The molecule has 2 aliphatic rings. The van der Waals surface area contributed by atoms with Crippen LogP contribution >= 0.6 is 11.9 Å². The van der Waals surface area contributed by atoms with Crippen molar-refractivity contribution in [3.8, 4) is 0 Å². The van der Waals surface area contributed by atoms with Crippen molar-refractivity contribution in [2.75, 3.05) is 38.0 Å². The van der Waals surface area contributed by atoms with E-state index in [0.717, 1.165) is 59.8 Å². The number of aromatic nitrogens is 1. The quantitative estimate of drug-likeness (QED) is 0.346. The van der Waals surface area contributed by atoms with Crippen LogP contribution < -0.4 is 16.4 Å². The summed E-state index contributed by atoms with van der Waals surface area (Å²) in [5.41, 5.74) is 9.92. The molecule has 10 heteroatoms. The fraction of sp³-hybridized carbons (Fsp3) is 0.346. The molecule has 1 fully saturated rings. The van der Waals surface area contributed by atoms with E-state index < -0.39 is 11.7 Å². The third kappa shape index (κ3) is 7.13. The first-order valence-corrected chi connectivity index (χ1v) is 12.6. The summed E-state index contributed by atoms with van der Waals surface area (Å²) in [5.74, 6) is 0. The molecule has 0 spiro atoms. The zero-order valence-electron chi connectivity index (χ0n) is 20.2. The molecule has 2 aliphatic heterocycles. The molecule has 0 bridgehead atoms. The number of anilines is 1. The van der Waals surface area contributed by atoms with Gasteiger partial charge in [-0.2, -0.15) is 13.2 Å². The Labute approximate surface area is 214 Å². The van der Waals surface area contributed by atoms with Gasteiger partial charge in [0.25, 0.3) is 0 Å². The predicted octanol–water partition coefficient (Wildman–Crippen LogP) is 4.74. The highest BCUT2D eigenvalue weighted by molar-refractivity contribution is 7.97. The third-order valence-corrected chi connectivity index (χ3v) is 7.12. The van der Waals surface area contributed by atoms with Crippen LogP contribution in [0.15, 0.2) is 71.4 Å². The lowest BCUT2D eigenvalue weighted by Gasteiger charge is -2.33. The van der Waals surface area contributed by atoms with Crippen molar-refractivity contribution in [3.05, 3.63) is 83.4 Å². The Morgan fingerprint density at radius 1 is 1.19 bits per heavy atom. The smallest absolute Gasteiger partial charge is 0.402 e. The number of allylic oxidation sites excluding steroid dienone is 3. The second-order valence-electron chi connectivity index (χ2n) is 8.93. The van der Waals surface area contributed by atoms with Crippen molar-refractivity contribution in [1.82, 2.24) is 19.5 Å². The van der Waals surface area contributed by atoms with Gasteiger partial charge in [-0.3, -0.25) is 9.88 Å². The first kappa shape index (κ1) is 26.3. The maximum absolute atomic E-state index is 13.2. The second kappa shape index (κ2) is 11.5. The first-order chi connectivity index (χ1) is 17.2. The van der Waals surface area contributed by atoms with E-state index in [0.29, 0.717) is 13.1 Å². The normalized spacial score (nSPS) is 17.8. The Kier molecular flexibility index (Phi) is 8.40. The molecule has 1 aromatic heterocycles. The van der Waals surface area contributed by atoms with Gasteiger partial charge in [-0.1, -0.05) is 12.7 Å². The Balaban J connectivity index is 1.25. The third-order valence-electron chi connectivity index (χ3n) is 6.01. The van der Waals surface area contributed by atoms with Gasteiger partial charge in [-0.05, 0) is 60.8 Å². The Morgan fingerprint density at radius 2 is 1.92 bits per heavy atom. The van der Waals surface area contributed by atoms with Crippen molar-refractivity contribution < 1.29 is 13.2 Å². The van der Waals surface area contributed by atoms with Crippen LogP contribution in [-0.4, -0.2) is 53.1 Å². The molecule has 6 nitrogen and oxygen atoms in total. The number of halogens is 3. The van der Waals surface area contributed by atoms with Gasteiger partial charge in [0.05, 0.1) is 11.3 Å². The summed E-state index contributed by atoms with van der Waals surface area (Å²) < 4.78 is 41.7. The van der Waals surface area contributed by atoms with Crippen LogP contribution in [0.4, 0.5) is 18.9 Å². The van der Waals surface area contributed by atoms with Gasteiger partial charge in [0.15, 0.2) is 0 Å². The largest absolute Gasteiger partial charge is 0.416 e. The number of nitrogens with zero attached hydrogens (tertiary/aromatic N) is 3. The minimum atomic E-state index is -4.40. The summed E-state index contributed by atoms with van der Waals surface area (Å²) in [7, 11) is 0. The Bertz CT molecular complexity index is 1130. The van der Waals surface area contributed by atoms with Gasteiger partial charge in [0.2, 0.25) is 0 Å². The number of piperazine rings is 1.